The summed E-state index contributed by atoms with van der Waals surface area (Å²) in [4.78, 5) is 14.8. The second-order valence-electron chi connectivity index (χ2n) is 6.03. The lowest BCUT2D eigenvalue weighted by Gasteiger charge is -2.24. The van der Waals surface area contributed by atoms with Crippen LogP contribution in [0.5, 0.6) is 0 Å². The third-order valence-electron chi connectivity index (χ3n) is 3.18. The summed E-state index contributed by atoms with van der Waals surface area (Å²) in [5.41, 5.74) is 0.680. The number of hydrogen-bond acceptors (Lipinski definition) is 4. The number of carbonyl (C=O) groups is 1. The molecule has 1 aliphatic heterocycles. The van der Waals surface area contributed by atoms with Gasteiger partial charge in [-0.25, -0.2) is 4.79 Å². The SMILES string of the molecule is Cc1ccsc1C1CN(C(=O)OC(C)(C)C)CC1O. The van der Waals surface area contributed by atoms with Crippen molar-refractivity contribution in [3.8, 4) is 0 Å². The van der Waals surface area contributed by atoms with Crippen molar-refractivity contribution >= 4 is 17.4 Å². The molecule has 4 nitrogen and oxygen atoms in total. The monoisotopic (exact) mass is 283 g/mol. The van der Waals surface area contributed by atoms with Crippen LogP contribution in [0.1, 0.15) is 37.1 Å². The summed E-state index contributed by atoms with van der Waals surface area (Å²) >= 11 is 1.64. The third-order valence-corrected chi connectivity index (χ3v) is 4.33. The van der Waals surface area contributed by atoms with Gasteiger partial charge < -0.3 is 14.7 Å². The maximum absolute atomic E-state index is 12.0. The molecule has 1 N–H and O–H groups in total. The summed E-state index contributed by atoms with van der Waals surface area (Å²) in [7, 11) is 0. The Balaban J connectivity index is 2.06. The van der Waals surface area contributed by atoms with Gasteiger partial charge in [-0.05, 0) is 44.7 Å². The molecule has 2 unspecified atom stereocenters. The highest BCUT2D eigenvalue weighted by molar-refractivity contribution is 7.10. The highest BCUT2D eigenvalue weighted by Crippen LogP contribution is 2.33. The Hall–Kier alpha value is -1.07. The predicted octanol–water partition coefficient (Wildman–Crippen LogP) is 2.75. The Kier molecular flexibility index (Phi) is 3.87. The number of aliphatic hydroxyl groups is 1. The second-order valence-corrected chi connectivity index (χ2v) is 6.97. The molecule has 1 amide bonds. The molecule has 0 radical (unpaired) electrons. The van der Waals surface area contributed by atoms with E-state index in [9.17, 15) is 9.90 Å². The van der Waals surface area contributed by atoms with Crippen LogP contribution in [0.15, 0.2) is 11.4 Å². The van der Waals surface area contributed by atoms with E-state index >= 15 is 0 Å². The number of rotatable bonds is 1. The van der Waals surface area contributed by atoms with Crippen molar-refractivity contribution in [2.24, 2.45) is 0 Å². The first kappa shape index (κ1) is 14.3. The summed E-state index contributed by atoms with van der Waals surface area (Å²) in [6, 6.07) is 2.04. The minimum atomic E-state index is -0.509. The average Bonchev–Trinajstić information content (AvgIpc) is 2.82. The van der Waals surface area contributed by atoms with Crippen LogP contribution in [0.2, 0.25) is 0 Å². The summed E-state index contributed by atoms with van der Waals surface area (Å²) in [5.74, 6) is 0.00696. The van der Waals surface area contributed by atoms with E-state index in [4.69, 9.17) is 4.74 Å². The van der Waals surface area contributed by atoms with Gasteiger partial charge in [0, 0.05) is 17.3 Å². The van der Waals surface area contributed by atoms with E-state index < -0.39 is 11.7 Å². The normalized spacial score (nSPS) is 23.7. The van der Waals surface area contributed by atoms with Crippen molar-refractivity contribution in [3.63, 3.8) is 0 Å². The van der Waals surface area contributed by atoms with E-state index in [1.54, 1.807) is 16.2 Å². The van der Waals surface area contributed by atoms with Gasteiger partial charge in [0.05, 0.1) is 12.6 Å². The molecule has 0 bridgehead atoms. The van der Waals surface area contributed by atoms with Gasteiger partial charge in [-0.1, -0.05) is 0 Å². The highest BCUT2D eigenvalue weighted by atomic mass is 32.1. The molecule has 1 aromatic heterocycles. The first-order valence-electron chi connectivity index (χ1n) is 6.48. The van der Waals surface area contributed by atoms with Gasteiger partial charge in [0.15, 0.2) is 0 Å². The lowest BCUT2D eigenvalue weighted by molar-refractivity contribution is 0.0270. The topological polar surface area (TPSA) is 49.8 Å². The molecule has 0 aromatic carbocycles. The lowest BCUT2D eigenvalue weighted by atomic mass is 10.0. The molecule has 2 heterocycles. The van der Waals surface area contributed by atoms with Crippen LogP contribution in [0, 0.1) is 6.92 Å². The Bertz CT molecular complexity index is 464. The van der Waals surface area contributed by atoms with E-state index in [1.165, 1.54) is 10.4 Å². The third kappa shape index (κ3) is 3.28. The van der Waals surface area contributed by atoms with Crippen molar-refractivity contribution in [3.05, 3.63) is 21.9 Å². The van der Waals surface area contributed by atoms with Crippen LogP contribution in [0.4, 0.5) is 4.79 Å². The molecular formula is C14H21NO3S. The number of carbonyl (C=O) groups excluding carboxylic acids is 1. The molecule has 0 spiro atoms. The van der Waals surface area contributed by atoms with Crippen LogP contribution >= 0.6 is 11.3 Å². The first-order chi connectivity index (χ1) is 8.78. The smallest absolute Gasteiger partial charge is 0.410 e. The van der Waals surface area contributed by atoms with Crippen molar-refractivity contribution in [2.45, 2.75) is 45.3 Å². The molecule has 2 rings (SSSR count). The zero-order valence-corrected chi connectivity index (χ0v) is 12.7. The number of thiophene rings is 1. The zero-order chi connectivity index (χ0) is 14.2. The fourth-order valence-corrected chi connectivity index (χ4v) is 3.36. The maximum atomic E-state index is 12.0. The summed E-state index contributed by atoms with van der Waals surface area (Å²) in [6.45, 7) is 8.44. The van der Waals surface area contributed by atoms with E-state index in [1.807, 2.05) is 39.1 Å². The molecule has 1 saturated heterocycles. The molecule has 1 aliphatic rings. The standard InChI is InChI=1S/C14H21NO3S/c1-9-5-6-19-12(9)10-7-15(8-11(10)16)13(17)18-14(2,3)4/h5-6,10-11,16H,7-8H2,1-4H3. The molecule has 0 aliphatic carbocycles. The van der Waals surface area contributed by atoms with E-state index in [2.05, 4.69) is 0 Å². The predicted molar refractivity (Wildman–Crippen MR) is 75.6 cm³/mol. The van der Waals surface area contributed by atoms with Crippen LogP contribution in [0.25, 0.3) is 0 Å². The van der Waals surface area contributed by atoms with Gasteiger partial charge in [0.2, 0.25) is 0 Å². The molecule has 1 aromatic rings. The highest BCUT2D eigenvalue weighted by Gasteiger charge is 2.37. The lowest BCUT2D eigenvalue weighted by Crippen LogP contribution is -2.35. The summed E-state index contributed by atoms with van der Waals surface area (Å²) in [5, 5.41) is 12.2. The van der Waals surface area contributed by atoms with Crippen molar-refractivity contribution in [2.75, 3.05) is 13.1 Å². The van der Waals surface area contributed by atoms with Crippen molar-refractivity contribution < 1.29 is 14.6 Å². The number of β-amino-alcohol motifs (C(OH)–C–C–N with tert-alkyl or cyclic N) is 1. The number of hydrogen-bond donors (Lipinski definition) is 1. The Morgan fingerprint density at radius 2 is 2.16 bits per heavy atom. The minimum absolute atomic E-state index is 0.00696. The van der Waals surface area contributed by atoms with Gasteiger partial charge in [0.25, 0.3) is 0 Å². The molecule has 0 saturated carbocycles. The Labute approximate surface area is 118 Å². The Morgan fingerprint density at radius 3 is 2.68 bits per heavy atom. The quantitative estimate of drug-likeness (QED) is 0.862. The maximum Gasteiger partial charge on any atom is 0.410 e. The molecule has 2 atom stereocenters. The number of ether oxygens (including phenoxy) is 1. The number of amides is 1. The first-order valence-corrected chi connectivity index (χ1v) is 7.36. The average molecular weight is 283 g/mol. The number of nitrogens with zero attached hydrogens (tertiary/aromatic N) is 1. The van der Waals surface area contributed by atoms with Gasteiger partial charge in [-0.15, -0.1) is 11.3 Å². The molecular weight excluding hydrogens is 262 g/mol. The largest absolute Gasteiger partial charge is 0.444 e. The van der Waals surface area contributed by atoms with E-state index in [-0.39, 0.29) is 12.0 Å². The van der Waals surface area contributed by atoms with E-state index in [0.717, 1.165) is 0 Å². The van der Waals surface area contributed by atoms with Crippen LogP contribution in [-0.4, -0.2) is 40.9 Å². The van der Waals surface area contributed by atoms with Gasteiger partial charge in [-0.2, -0.15) is 0 Å². The number of aliphatic hydroxyl groups excluding tert-OH is 1. The van der Waals surface area contributed by atoms with E-state index in [0.29, 0.717) is 13.1 Å². The van der Waals surface area contributed by atoms with Crippen LogP contribution in [0.3, 0.4) is 0 Å². The minimum Gasteiger partial charge on any atom is -0.444 e. The molecule has 5 heteroatoms. The molecule has 106 valence electrons. The zero-order valence-electron chi connectivity index (χ0n) is 11.8. The van der Waals surface area contributed by atoms with Gasteiger partial charge in [-0.3, -0.25) is 0 Å². The van der Waals surface area contributed by atoms with Crippen molar-refractivity contribution in [1.29, 1.82) is 0 Å². The summed E-state index contributed by atoms with van der Waals surface area (Å²) in [6.07, 6.45) is -0.854. The fourth-order valence-electron chi connectivity index (χ4n) is 2.28. The van der Waals surface area contributed by atoms with Crippen LogP contribution in [-0.2, 0) is 4.74 Å². The fraction of sp³-hybridized carbons (Fsp3) is 0.643. The molecule has 1 fully saturated rings. The number of likely N-dealkylation sites (tertiary alicyclic amines) is 1. The number of aryl methyl sites for hydroxylation is 1. The van der Waals surface area contributed by atoms with Gasteiger partial charge >= 0.3 is 6.09 Å². The van der Waals surface area contributed by atoms with Crippen molar-refractivity contribution in [1.82, 2.24) is 4.90 Å². The molecule has 19 heavy (non-hydrogen) atoms. The summed E-state index contributed by atoms with van der Waals surface area (Å²) < 4.78 is 5.35. The Morgan fingerprint density at radius 1 is 1.47 bits per heavy atom. The van der Waals surface area contributed by atoms with Crippen LogP contribution < -0.4 is 0 Å². The second kappa shape index (κ2) is 5.13. The van der Waals surface area contributed by atoms with Gasteiger partial charge in [0.1, 0.15) is 5.60 Å².